The number of fused-ring (bicyclic) bond motifs is 4. The number of nitrogens with zero attached hydrogens (tertiary/aromatic N) is 3. The maximum Gasteiger partial charge on any atom is 0.144 e. The molecular weight excluding hydrogens is 278 g/mol. The van der Waals surface area contributed by atoms with Gasteiger partial charge < -0.3 is 14.4 Å². The monoisotopic (exact) mass is 291 g/mol. The van der Waals surface area contributed by atoms with Gasteiger partial charge in [-0.15, -0.1) is 0 Å². The second-order valence-corrected chi connectivity index (χ2v) is 5.49. The van der Waals surface area contributed by atoms with Crippen LogP contribution in [0.5, 0.6) is 5.75 Å². The van der Waals surface area contributed by atoms with Gasteiger partial charge in [-0.25, -0.2) is 9.97 Å². The number of anilines is 1. The summed E-state index contributed by atoms with van der Waals surface area (Å²) in [4.78, 5) is 11.0. The first-order chi connectivity index (χ1) is 9.72. The van der Waals surface area contributed by atoms with E-state index in [0.717, 1.165) is 35.5 Å². The van der Waals surface area contributed by atoms with E-state index in [1.165, 1.54) is 0 Å². The van der Waals surface area contributed by atoms with Crippen molar-refractivity contribution >= 4 is 28.2 Å². The van der Waals surface area contributed by atoms with Gasteiger partial charge in [-0.1, -0.05) is 11.6 Å². The fourth-order valence-corrected chi connectivity index (χ4v) is 3.13. The van der Waals surface area contributed by atoms with Crippen molar-refractivity contribution in [3.8, 4) is 5.75 Å². The number of aryl methyl sites for hydroxylation is 1. The van der Waals surface area contributed by atoms with Crippen LogP contribution in [0.4, 0.5) is 5.69 Å². The molecule has 1 aromatic carbocycles. The zero-order valence-electron chi connectivity index (χ0n) is 11.1. The number of morpholine rings is 1. The Morgan fingerprint density at radius 2 is 2.20 bits per heavy atom. The van der Waals surface area contributed by atoms with Gasteiger partial charge in [0.05, 0.1) is 30.5 Å². The van der Waals surface area contributed by atoms with E-state index in [0.29, 0.717) is 24.2 Å². The summed E-state index contributed by atoms with van der Waals surface area (Å²) in [5.41, 5.74) is 1.89. The van der Waals surface area contributed by atoms with Crippen LogP contribution < -0.4 is 9.64 Å². The van der Waals surface area contributed by atoms with E-state index in [1.807, 2.05) is 19.1 Å². The molecule has 1 atom stereocenters. The van der Waals surface area contributed by atoms with Crippen LogP contribution in [0.2, 0.25) is 5.15 Å². The molecule has 0 N–H and O–H groups in total. The van der Waals surface area contributed by atoms with Crippen molar-refractivity contribution < 1.29 is 9.47 Å². The van der Waals surface area contributed by atoms with E-state index in [4.69, 9.17) is 21.1 Å². The van der Waals surface area contributed by atoms with Gasteiger partial charge in [-0.05, 0) is 13.0 Å². The topological polar surface area (TPSA) is 47.5 Å². The quantitative estimate of drug-likeness (QED) is 0.696. The summed E-state index contributed by atoms with van der Waals surface area (Å²) in [6, 6.07) is 4.26. The maximum atomic E-state index is 6.24. The SMILES string of the molecule is Cc1nc(Cl)c2cc3c(cc2n1)OCC1COCCN31. The molecule has 1 fully saturated rings. The normalized spacial score (nSPS) is 21.3. The Kier molecular flexibility index (Phi) is 2.72. The Morgan fingerprint density at radius 1 is 1.30 bits per heavy atom. The molecule has 3 heterocycles. The number of halogens is 1. The molecule has 6 heteroatoms. The van der Waals surface area contributed by atoms with Crippen molar-refractivity contribution in [2.24, 2.45) is 0 Å². The number of ether oxygens (including phenoxy) is 2. The van der Waals surface area contributed by atoms with E-state index in [9.17, 15) is 0 Å². The number of aromatic nitrogens is 2. The van der Waals surface area contributed by atoms with Crippen LogP contribution in [0.1, 0.15) is 5.82 Å². The molecule has 0 radical (unpaired) electrons. The highest BCUT2D eigenvalue weighted by Gasteiger charge is 2.31. The zero-order valence-corrected chi connectivity index (χ0v) is 11.9. The smallest absolute Gasteiger partial charge is 0.144 e. The van der Waals surface area contributed by atoms with Gasteiger partial charge in [0.2, 0.25) is 0 Å². The molecule has 1 aromatic heterocycles. The first-order valence-electron chi connectivity index (χ1n) is 6.67. The largest absolute Gasteiger partial charge is 0.489 e. The average Bonchev–Trinajstić information content (AvgIpc) is 2.45. The third-order valence-electron chi connectivity index (χ3n) is 3.81. The highest BCUT2D eigenvalue weighted by atomic mass is 35.5. The van der Waals surface area contributed by atoms with Gasteiger partial charge in [0.1, 0.15) is 23.3 Å². The van der Waals surface area contributed by atoms with Crippen molar-refractivity contribution in [2.75, 3.05) is 31.3 Å². The van der Waals surface area contributed by atoms with E-state index in [2.05, 4.69) is 14.9 Å². The van der Waals surface area contributed by atoms with Crippen LogP contribution in [-0.2, 0) is 4.74 Å². The summed E-state index contributed by atoms with van der Waals surface area (Å²) in [7, 11) is 0. The molecule has 5 nitrogen and oxygen atoms in total. The Labute approximate surface area is 121 Å². The third kappa shape index (κ3) is 1.81. The van der Waals surface area contributed by atoms with Crippen molar-refractivity contribution in [3.63, 3.8) is 0 Å². The number of hydrogen-bond donors (Lipinski definition) is 0. The summed E-state index contributed by atoms with van der Waals surface area (Å²) in [6.45, 7) is 4.80. The number of rotatable bonds is 0. The molecule has 0 amide bonds. The molecule has 0 saturated carbocycles. The number of benzene rings is 1. The third-order valence-corrected chi connectivity index (χ3v) is 4.10. The second kappa shape index (κ2) is 4.46. The summed E-state index contributed by atoms with van der Waals surface area (Å²) >= 11 is 6.24. The van der Waals surface area contributed by atoms with Crippen LogP contribution in [0.3, 0.4) is 0 Å². The minimum Gasteiger partial charge on any atom is -0.489 e. The molecule has 1 unspecified atom stereocenters. The fourth-order valence-electron chi connectivity index (χ4n) is 2.85. The lowest BCUT2D eigenvalue weighted by molar-refractivity contribution is 0.0706. The second-order valence-electron chi connectivity index (χ2n) is 5.13. The highest BCUT2D eigenvalue weighted by molar-refractivity contribution is 6.34. The molecular formula is C14H14ClN3O2. The minimum absolute atomic E-state index is 0.277. The van der Waals surface area contributed by atoms with E-state index < -0.39 is 0 Å². The van der Waals surface area contributed by atoms with Gasteiger partial charge in [0, 0.05) is 18.0 Å². The van der Waals surface area contributed by atoms with Crippen LogP contribution in [0, 0.1) is 6.92 Å². The Hall–Kier alpha value is -1.59. The Balaban J connectivity index is 1.91. The van der Waals surface area contributed by atoms with Crippen LogP contribution >= 0.6 is 11.6 Å². The molecule has 2 aliphatic heterocycles. The summed E-state index contributed by atoms with van der Waals surface area (Å²) in [5, 5.41) is 1.36. The average molecular weight is 292 g/mol. The molecule has 0 spiro atoms. The van der Waals surface area contributed by atoms with Gasteiger partial charge in [-0.3, -0.25) is 0 Å². The van der Waals surface area contributed by atoms with E-state index in [-0.39, 0.29) is 6.04 Å². The molecule has 1 saturated heterocycles. The summed E-state index contributed by atoms with van der Waals surface area (Å²) in [5.74, 6) is 1.53. The lowest BCUT2D eigenvalue weighted by Gasteiger charge is -2.41. The van der Waals surface area contributed by atoms with Gasteiger partial charge in [0.15, 0.2) is 0 Å². The lowest BCUT2D eigenvalue weighted by Crippen LogP contribution is -2.51. The van der Waals surface area contributed by atoms with Crippen LogP contribution in [-0.4, -0.2) is 42.4 Å². The minimum atomic E-state index is 0.277. The van der Waals surface area contributed by atoms with Crippen molar-refractivity contribution in [3.05, 3.63) is 23.1 Å². The zero-order chi connectivity index (χ0) is 13.7. The summed E-state index contributed by atoms with van der Waals surface area (Å²) in [6.07, 6.45) is 0. The molecule has 4 rings (SSSR count). The predicted molar refractivity (Wildman–Crippen MR) is 76.7 cm³/mol. The van der Waals surface area contributed by atoms with Crippen molar-refractivity contribution in [2.45, 2.75) is 13.0 Å². The fraction of sp³-hybridized carbons (Fsp3) is 0.429. The standard InChI is InChI=1S/C14H14ClN3O2/c1-8-16-11-5-13-12(4-10(11)14(15)17-8)18-2-3-19-6-9(18)7-20-13/h4-5,9H,2-3,6-7H2,1H3. The molecule has 0 bridgehead atoms. The first kappa shape index (κ1) is 12.2. The number of hydrogen-bond acceptors (Lipinski definition) is 5. The predicted octanol–water partition coefficient (Wildman–Crippen LogP) is 2.19. The summed E-state index contributed by atoms with van der Waals surface area (Å²) < 4.78 is 11.4. The highest BCUT2D eigenvalue weighted by Crippen LogP contribution is 2.39. The lowest BCUT2D eigenvalue weighted by atomic mass is 10.1. The maximum absolute atomic E-state index is 6.24. The van der Waals surface area contributed by atoms with Gasteiger partial charge in [0.25, 0.3) is 0 Å². The van der Waals surface area contributed by atoms with Gasteiger partial charge >= 0.3 is 0 Å². The van der Waals surface area contributed by atoms with E-state index >= 15 is 0 Å². The molecule has 20 heavy (non-hydrogen) atoms. The van der Waals surface area contributed by atoms with Gasteiger partial charge in [-0.2, -0.15) is 0 Å². The van der Waals surface area contributed by atoms with Crippen LogP contribution in [0.15, 0.2) is 12.1 Å². The van der Waals surface area contributed by atoms with Crippen molar-refractivity contribution in [1.82, 2.24) is 9.97 Å². The first-order valence-corrected chi connectivity index (χ1v) is 7.05. The Morgan fingerprint density at radius 3 is 3.10 bits per heavy atom. The van der Waals surface area contributed by atoms with Crippen molar-refractivity contribution in [1.29, 1.82) is 0 Å². The Bertz CT molecular complexity index is 692. The van der Waals surface area contributed by atoms with E-state index in [1.54, 1.807) is 0 Å². The van der Waals surface area contributed by atoms with Crippen LogP contribution in [0.25, 0.3) is 10.9 Å². The molecule has 2 aromatic rings. The molecule has 104 valence electrons. The molecule has 2 aliphatic rings. The molecule has 0 aliphatic carbocycles.